The first-order valence-corrected chi connectivity index (χ1v) is 12.4. The minimum Gasteiger partial charge on any atom is -0.466 e. The Labute approximate surface area is 179 Å². The van der Waals surface area contributed by atoms with Crippen molar-refractivity contribution in [3.8, 4) is 0 Å². The van der Waals surface area contributed by atoms with Crippen molar-refractivity contribution in [2.75, 3.05) is 6.61 Å². The second-order valence-electron chi connectivity index (χ2n) is 8.45. The first kappa shape index (κ1) is 25.7. The van der Waals surface area contributed by atoms with Gasteiger partial charge in [-0.05, 0) is 25.7 Å². The number of carbonyl (C=O) groups excluding carboxylic acids is 1. The van der Waals surface area contributed by atoms with Crippen molar-refractivity contribution in [2.24, 2.45) is 0 Å². The van der Waals surface area contributed by atoms with Crippen molar-refractivity contribution < 1.29 is 9.53 Å². The van der Waals surface area contributed by atoms with Gasteiger partial charge in [0.2, 0.25) is 0 Å². The predicted molar refractivity (Wildman–Crippen MR) is 122 cm³/mol. The van der Waals surface area contributed by atoms with E-state index in [1.54, 1.807) is 0 Å². The van der Waals surface area contributed by atoms with Gasteiger partial charge >= 0.3 is 5.97 Å². The van der Waals surface area contributed by atoms with Crippen LogP contribution in [-0.2, 0) is 9.53 Å². The highest BCUT2D eigenvalue weighted by molar-refractivity contribution is 5.69. The summed E-state index contributed by atoms with van der Waals surface area (Å²) in [5, 5.41) is 0. The lowest BCUT2D eigenvalue weighted by Crippen LogP contribution is -2.07. The summed E-state index contributed by atoms with van der Waals surface area (Å²) >= 11 is 0. The molecule has 0 saturated heterocycles. The maximum atomic E-state index is 11.5. The monoisotopic (exact) mass is 406 g/mol. The molecule has 0 amide bonds. The van der Waals surface area contributed by atoms with Crippen molar-refractivity contribution in [1.29, 1.82) is 0 Å². The van der Waals surface area contributed by atoms with E-state index >= 15 is 0 Å². The normalized spacial score (nSPS) is 12.2. The Bertz CT molecular complexity index is 473. The van der Waals surface area contributed by atoms with E-state index in [9.17, 15) is 4.79 Å². The van der Waals surface area contributed by atoms with Crippen LogP contribution in [0, 0.1) is 0 Å². The number of unbranched alkanes of at least 4 members (excludes halogenated alkanes) is 11. The van der Waals surface area contributed by atoms with Crippen LogP contribution in [0.5, 0.6) is 0 Å². The van der Waals surface area contributed by atoms with Crippen LogP contribution in [0.2, 0.25) is 0 Å². The molecule has 0 fully saturated rings. The fraction of sp³-hybridized carbons (Fsp3) is 0.840. The Morgan fingerprint density at radius 1 is 0.828 bits per heavy atom. The lowest BCUT2D eigenvalue weighted by atomic mass is 10.00. The zero-order valence-corrected chi connectivity index (χ0v) is 19.2. The van der Waals surface area contributed by atoms with Gasteiger partial charge in [0, 0.05) is 24.9 Å². The smallest absolute Gasteiger partial charge is 0.305 e. The first-order chi connectivity index (χ1) is 14.3. The molecule has 1 aromatic rings. The maximum absolute atomic E-state index is 11.5. The van der Waals surface area contributed by atoms with E-state index in [0.29, 0.717) is 19.1 Å². The fourth-order valence-electron chi connectivity index (χ4n) is 3.85. The first-order valence-electron chi connectivity index (χ1n) is 12.4. The Kier molecular flexibility index (Phi) is 16.6. The molecule has 4 heteroatoms. The number of nitrogens with zero attached hydrogens (tertiary/aromatic N) is 2. The molecule has 1 rings (SSSR count). The van der Waals surface area contributed by atoms with Crippen LogP contribution in [0.25, 0.3) is 0 Å². The van der Waals surface area contributed by atoms with Crippen LogP contribution in [0.3, 0.4) is 0 Å². The Morgan fingerprint density at radius 3 is 2.00 bits per heavy atom. The summed E-state index contributed by atoms with van der Waals surface area (Å²) in [5.74, 6) is -0.0133. The minimum atomic E-state index is -0.0133. The van der Waals surface area contributed by atoms with Crippen LogP contribution in [0.15, 0.2) is 18.7 Å². The fourth-order valence-corrected chi connectivity index (χ4v) is 3.85. The van der Waals surface area contributed by atoms with Gasteiger partial charge < -0.3 is 9.30 Å². The molecule has 0 unspecified atom stereocenters. The zero-order chi connectivity index (χ0) is 21.0. The van der Waals surface area contributed by atoms with E-state index < -0.39 is 0 Å². The van der Waals surface area contributed by atoms with Crippen molar-refractivity contribution in [3.63, 3.8) is 0 Å². The summed E-state index contributed by atoms with van der Waals surface area (Å²) in [6.07, 6.45) is 26.6. The molecule has 0 aromatic carbocycles. The van der Waals surface area contributed by atoms with Crippen LogP contribution in [0.4, 0.5) is 0 Å². The third-order valence-electron chi connectivity index (χ3n) is 5.77. The highest BCUT2D eigenvalue weighted by Gasteiger charge is 2.10. The van der Waals surface area contributed by atoms with E-state index in [1.165, 1.54) is 77.0 Å². The quantitative estimate of drug-likeness (QED) is 0.165. The van der Waals surface area contributed by atoms with Gasteiger partial charge in [-0.3, -0.25) is 4.79 Å². The van der Waals surface area contributed by atoms with Crippen LogP contribution >= 0.6 is 0 Å². The molecule has 0 spiro atoms. The number of hydrogen-bond acceptors (Lipinski definition) is 3. The van der Waals surface area contributed by atoms with E-state index in [0.717, 1.165) is 25.7 Å². The van der Waals surface area contributed by atoms with Gasteiger partial charge in [-0.2, -0.15) is 0 Å². The van der Waals surface area contributed by atoms with Crippen LogP contribution in [0.1, 0.15) is 129 Å². The van der Waals surface area contributed by atoms with E-state index in [4.69, 9.17) is 4.74 Å². The van der Waals surface area contributed by atoms with Gasteiger partial charge in [0.15, 0.2) is 0 Å². The van der Waals surface area contributed by atoms with Crippen molar-refractivity contribution in [2.45, 2.75) is 129 Å². The Morgan fingerprint density at radius 2 is 1.41 bits per heavy atom. The molecule has 0 N–H and O–H groups in total. The molecule has 168 valence electrons. The molecule has 0 aliphatic rings. The standard InChI is InChI=1S/C25H46N2O2/c1-3-5-7-14-17-24(27-21-20-26-23-27)18-15-12-10-8-9-11-13-16-19-25(28)29-22-6-4-2/h20-21,23-24H,3-19,22H2,1-2H3/t24-/m0/s1. The highest BCUT2D eigenvalue weighted by atomic mass is 16.5. The minimum absolute atomic E-state index is 0.0133. The summed E-state index contributed by atoms with van der Waals surface area (Å²) < 4.78 is 7.51. The number of esters is 1. The number of aromatic nitrogens is 2. The Balaban J connectivity index is 1.98. The lowest BCUT2D eigenvalue weighted by molar-refractivity contribution is -0.143. The number of ether oxygens (including phenoxy) is 1. The summed E-state index contributed by atoms with van der Waals surface area (Å²) in [6, 6.07) is 0.631. The Hall–Kier alpha value is -1.32. The second kappa shape index (κ2) is 18.7. The topological polar surface area (TPSA) is 44.1 Å². The van der Waals surface area contributed by atoms with Crippen molar-refractivity contribution >= 4 is 5.97 Å². The summed E-state index contributed by atoms with van der Waals surface area (Å²) in [7, 11) is 0. The molecular formula is C25H46N2O2. The number of rotatable bonds is 20. The summed E-state index contributed by atoms with van der Waals surface area (Å²) in [5.41, 5.74) is 0. The molecule has 0 aliphatic carbocycles. The number of carbonyl (C=O) groups is 1. The molecule has 1 heterocycles. The van der Waals surface area contributed by atoms with Crippen molar-refractivity contribution in [3.05, 3.63) is 18.7 Å². The average Bonchev–Trinajstić information content (AvgIpc) is 3.25. The molecule has 1 aromatic heterocycles. The summed E-state index contributed by atoms with van der Waals surface area (Å²) in [4.78, 5) is 15.8. The molecular weight excluding hydrogens is 360 g/mol. The number of imidazole rings is 1. The van der Waals surface area contributed by atoms with Gasteiger partial charge in [0.1, 0.15) is 0 Å². The summed E-state index contributed by atoms with van der Waals surface area (Å²) in [6.45, 7) is 4.98. The van der Waals surface area contributed by atoms with E-state index in [-0.39, 0.29) is 5.97 Å². The van der Waals surface area contributed by atoms with Gasteiger partial charge in [0.25, 0.3) is 0 Å². The molecule has 4 nitrogen and oxygen atoms in total. The molecule has 0 aliphatic heterocycles. The molecule has 29 heavy (non-hydrogen) atoms. The van der Waals surface area contributed by atoms with Gasteiger partial charge in [-0.15, -0.1) is 0 Å². The van der Waals surface area contributed by atoms with Crippen LogP contribution < -0.4 is 0 Å². The largest absolute Gasteiger partial charge is 0.466 e. The average molecular weight is 407 g/mol. The zero-order valence-electron chi connectivity index (χ0n) is 19.2. The highest BCUT2D eigenvalue weighted by Crippen LogP contribution is 2.23. The van der Waals surface area contributed by atoms with Crippen LogP contribution in [-0.4, -0.2) is 22.1 Å². The van der Waals surface area contributed by atoms with Gasteiger partial charge in [0.05, 0.1) is 12.9 Å². The van der Waals surface area contributed by atoms with Gasteiger partial charge in [-0.1, -0.05) is 90.9 Å². The SMILES string of the molecule is CCCCCC[C@@H](CCCCCCCCCCC(=O)OCCCC)n1ccnc1. The van der Waals surface area contributed by atoms with E-state index in [1.807, 2.05) is 12.5 Å². The number of hydrogen-bond donors (Lipinski definition) is 0. The van der Waals surface area contributed by atoms with E-state index in [2.05, 4.69) is 29.6 Å². The lowest BCUT2D eigenvalue weighted by Gasteiger charge is -2.18. The molecule has 0 radical (unpaired) electrons. The molecule has 0 bridgehead atoms. The third kappa shape index (κ3) is 14.3. The maximum Gasteiger partial charge on any atom is 0.305 e. The predicted octanol–water partition coefficient (Wildman–Crippen LogP) is 7.64. The second-order valence-corrected chi connectivity index (χ2v) is 8.45. The molecule has 1 atom stereocenters. The van der Waals surface area contributed by atoms with Gasteiger partial charge in [-0.25, -0.2) is 4.98 Å². The van der Waals surface area contributed by atoms with Crippen molar-refractivity contribution in [1.82, 2.24) is 9.55 Å². The molecule has 0 saturated carbocycles. The third-order valence-corrected chi connectivity index (χ3v) is 5.77.